The molecule has 6 heteroatoms. The molecule has 18 heavy (non-hydrogen) atoms. The van der Waals surface area contributed by atoms with Crippen molar-refractivity contribution in [1.29, 1.82) is 0 Å². The number of ketones is 1. The molecule has 0 bridgehead atoms. The maximum Gasteiger partial charge on any atom is 0.417 e. The van der Waals surface area contributed by atoms with E-state index in [1.54, 1.807) is 0 Å². The molecule has 98 valence electrons. The van der Waals surface area contributed by atoms with E-state index >= 15 is 0 Å². The minimum Gasteiger partial charge on any atom is -0.343 e. The molecule has 0 fully saturated rings. The highest BCUT2D eigenvalue weighted by atomic mass is 19.4. The fourth-order valence-corrected chi connectivity index (χ4v) is 1.30. The molecule has 0 aromatic heterocycles. The Morgan fingerprint density at radius 2 is 1.78 bits per heavy atom. The van der Waals surface area contributed by atoms with Gasteiger partial charge in [0.05, 0.1) is 17.2 Å². The first kappa shape index (κ1) is 14.2. The van der Waals surface area contributed by atoms with Crippen molar-refractivity contribution in [2.45, 2.75) is 26.1 Å². The SMILES string of the molecule is CC(=O)C(C)NC(=O)c1ccccc1C(F)(F)F. The monoisotopic (exact) mass is 259 g/mol. The summed E-state index contributed by atoms with van der Waals surface area (Å²) in [4.78, 5) is 22.6. The maximum atomic E-state index is 12.7. The lowest BCUT2D eigenvalue weighted by Crippen LogP contribution is -2.38. The molecule has 0 heterocycles. The summed E-state index contributed by atoms with van der Waals surface area (Å²) >= 11 is 0. The zero-order chi connectivity index (χ0) is 13.9. The molecule has 1 rings (SSSR count). The number of carbonyl (C=O) groups excluding carboxylic acids is 2. The van der Waals surface area contributed by atoms with E-state index in [-0.39, 0.29) is 5.78 Å². The number of hydrogen-bond donors (Lipinski definition) is 1. The fourth-order valence-electron chi connectivity index (χ4n) is 1.30. The average molecular weight is 259 g/mol. The molecule has 0 aliphatic rings. The Morgan fingerprint density at radius 3 is 2.28 bits per heavy atom. The van der Waals surface area contributed by atoms with Gasteiger partial charge in [-0.05, 0) is 26.0 Å². The van der Waals surface area contributed by atoms with Crippen LogP contribution in [0.4, 0.5) is 13.2 Å². The van der Waals surface area contributed by atoms with E-state index in [0.717, 1.165) is 12.1 Å². The van der Waals surface area contributed by atoms with Crippen LogP contribution in [0.5, 0.6) is 0 Å². The van der Waals surface area contributed by atoms with Crippen LogP contribution in [-0.2, 0) is 11.0 Å². The van der Waals surface area contributed by atoms with Gasteiger partial charge < -0.3 is 5.32 Å². The summed E-state index contributed by atoms with van der Waals surface area (Å²) in [5, 5.41) is 2.22. The van der Waals surface area contributed by atoms with Crippen LogP contribution < -0.4 is 5.32 Å². The molecule has 1 unspecified atom stereocenters. The number of Topliss-reactive ketones (excluding diaryl/α,β-unsaturated/α-hetero) is 1. The Hall–Kier alpha value is -1.85. The van der Waals surface area contributed by atoms with Crippen LogP contribution in [0.15, 0.2) is 24.3 Å². The third-order valence-corrected chi connectivity index (χ3v) is 2.43. The summed E-state index contributed by atoms with van der Waals surface area (Å²) in [5.41, 5.74) is -1.50. The van der Waals surface area contributed by atoms with E-state index in [1.165, 1.54) is 26.0 Å². The number of rotatable bonds is 3. The first-order valence-electron chi connectivity index (χ1n) is 5.21. The lowest BCUT2D eigenvalue weighted by molar-refractivity contribution is -0.137. The van der Waals surface area contributed by atoms with Crippen LogP contribution in [0.25, 0.3) is 0 Å². The average Bonchev–Trinajstić information content (AvgIpc) is 2.27. The molecule has 1 amide bonds. The Bertz CT molecular complexity index is 469. The normalized spacial score (nSPS) is 12.9. The van der Waals surface area contributed by atoms with E-state index in [1.807, 2.05) is 0 Å². The molecule has 3 nitrogen and oxygen atoms in total. The molecular formula is C12H12F3NO2. The van der Waals surface area contributed by atoms with Gasteiger partial charge in [0.25, 0.3) is 5.91 Å². The molecule has 0 aliphatic carbocycles. The Morgan fingerprint density at radius 1 is 1.22 bits per heavy atom. The lowest BCUT2D eigenvalue weighted by Gasteiger charge is -2.14. The van der Waals surface area contributed by atoms with E-state index in [0.29, 0.717) is 0 Å². The van der Waals surface area contributed by atoms with Crippen LogP contribution in [0.3, 0.4) is 0 Å². The van der Waals surface area contributed by atoms with Gasteiger partial charge in [-0.2, -0.15) is 13.2 Å². The minimum absolute atomic E-state index is 0.326. The lowest BCUT2D eigenvalue weighted by atomic mass is 10.1. The van der Waals surface area contributed by atoms with Gasteiger partial charge in [0, 0.05) is 0 Å². The third-order valence-electron chi connectivity index (χ3n) is 2.43. The van der Waals surface area contributed by atoms with Gasteiger partial charge in [0.15, 0.2) is 5.78 Å². The van der Waals surface area contributed by atoms with Gasteiger partial charge in [0.2, 0.25) is 0 Å². The summed E-state index contributed by atoms with van der Waals surface area (Å²) < 4.78 is 38.0. The number of hydrogen-bond acceptors (Lipinski definition) is 2. The zero-order valence-corrected chi connectivity index (χ0v) is 9.84. The molecule has 1 atom stereocenters. The number of benzene rings is 1. The Kier molecular flexibility index (Phi) is 4.11. The number of amides is 1. The Balaban J connectivity index is 3.03. The molecule has 0 saturated carbocycles. The van der Waals surface area contributed by atoms with Gasteiger partial charge in [-0.1, -0.05) is 12.1 Å². The van der Waals surface area contributed by atoms with Gasteiger partial charge in [-0.25, -0.2) is 0 Å². The quantitative estimate of drug-likeness (QED) is 0.906. The molecule has 0 saturated heterocycles. The largest absolute Gasteiger partial charge is 0.417 e. The predicted octanol–water partition coefficient (Wildman–Crippen LogP) is 2.41. The van der Waals surface area contributed by atoms with E-state index in [4.69, 9.17) is 0 Å². The fraction of sp³-hybridized carbons (Fsp3) is 0.333. The van der Waals surface area contributed by atoms with Crippen molar-refractivity contribution in [2.75, 3.05) is 0 Å². The first-order valence-corrected chi connectivity index (χ1v) is 5.21. The van der Waals surface area contributed by atoms with Crippen LogP contribution >= 0.6 is 0 Å². The number of nitrogens with one attached hydrogen (secondary N) is 1. The minimum atomic E-state index is -4.60. The molecule has 0 aliphatic heterocycles. The second kappa shape index (κ2) is 5.20. The second-order valence-electron chi connectivity index (χ2n) is 3.85. The van der Waals surface area contributed by atoms with Crippen molar-refractivity contribution >= 4 is 11.7 Å². The molecule has 1 N–H and O–H groups in total. The molecule has 0 spiro atoms. The highest BCUT2D eigenvalue weighted by Crippen LogP contribution is 2.31. The van der Waals surface area contributed by atoms with Gasteiger partial charge in [0.1, 0.15) is 0 Å². The summed E-state index contributed by atoms with van der Waals surface area (Å²) in [6, 6.07) is 3.62. The number of alkyl halides is 3. The van der Waals surface area contributed by atoms with Crippen LogP contribution in [0, 0.1) is 0 Å². The zero-order valence-electron chi connectivity index (χ0n) is 9.84. The van der Waals surface area contributed by atoms with Crippen molar-refractivity contribution in [3.63, 3.8) is 0 Å². The topological polar surface area (TPSA) is 46.2 Å². The van der Waals surface area contributed by atoms with Gasteiger partial charge in [-0.15, -0.1) is 0 Å². The van der Waals surface area contributed by atoms with Crippen molar-refractivity contribution in [3.05, 3.63) is 35.4 Å². The number of halogens is 3. The summed E-state index contributed by atoms with van der Waals surface area (Å²) in [6.07, 6.45) is -4.60. The first-order chi connectivity index (χ1) is 8.23. The summed E-state index contributed by atoms with van der Waals surface area (Å²) in [7, 11) is 0. The molecule has 1 aromatic carbocycles. The van der Waals surface area contributed by atoms with E-state index < -0.39 is 29.3 Å². The van der Waals surface area contributed by atoms with Crippen molar-refractivity contribution < 1.29 is 22.8 Å². The van der Waals surface area contributed by atoms with E-state index in [9.17, 15) is 22.8 Å². The highest BCUT2D eigenvalue weighted by Gasteiger charge is 2.35. The van der Waals surface area contributed by atoms with Crippen LogP contribution in [-0.4, -0.2) is 17.7 Å². The predicted molar refractivity (Wildman–Crippen MR) is 59.1 cm³/mol. The smallest absolute Gasteiger partial charge is 0.343 e. The van der Waals surface area contributed by atoms with Crippen molar-refractivity contribution in [3.8, 4) is 0 Å². The van der Waals surface area contributed by atoms with Crippen LogP contribution in [0.1, 0.15) is 29.8 Å². The molecule has 0 radical (unpaired) electrons. The maximum absolute atomic E-state index is 12.7. The second-order valence-corrected chi connectivity index (χ2v) is 3.85. The van der Waals surface area contributed by atoms with E-state index in [2.05, 4.69) is 5.32 Å². The summed E-state index contributed by atoms with van der Waals surface area (Å²) in [5.74, 6) is -1.24. The molecular weight excluding hydrogens is 247 g/mol. The molecule has 1 aromatic rings. The van der Waals surface area contributed by atoms with Crippen molar-refractivity contribution in [2.24, 2.45) is 0 Å². The van der Waals surface area contributed by atoms with Gasteiger partial charge in [-0.3, -0.25) is 9.59 Å². The standard InChI is InChI=1S/C12H12F3NO2/c1-7(8(2)17)16-11(18)9-5-3-4-6-10(9)12(13,14)15/h3-7H,1-2H3,(H,16,18). The third kappa shape index (κ3) is 3.32. The van der Waals surface area contributed by atoms with Crippen LogP contribution in [0.2, 0.25) is 0 Å². The number of carbonyl (C=O) groups is 2. The van der Waals surface area contributed by atoms with Gasteiger partial charge >= 0.3 is 6.18 Å². The Labute approximate surface area is 102 Å². The van der Waals surface area contributed by atoms with Crippen molar-refractivity contribution in [1.82, 2.24) is 5.32 Å². The summed E-state index contributed by atoms with van der Waals surface area (Å²) in [6.45, 7) is 2.66. The highest BCUT2D eigenvalue weighted by molar-refractivity contribution is 5.98.